The number of aliphatic carboxylic acids is 1. The van der Waals surface area contributed by atoms with E-state index in [4.69, 9.17) is 9.84 Å². The number of benzene rings is 1. The highest BCUT2D eigenvalue weighted by molar-refractivity contribution is 5.68. The van der Waals surface area contributed by atoms with Gasteiger partial charge >= 0.3 is 5.97 Å². The number of carboxylic acid groups (broad SMARTS) is 1. The molecule has 0 spiro atoms. The molecule has 1 N–H and O–H groups in total. The summed E-state index contributed by atoms with van der Waals surface area (Å²) in [5, 5.41) is 8.82. The topological polar surface area (TPSA) is 46.5 Å². The molecule has 1 aromatic carbocycles. The minimum Gasteiger partial charge on any atom is -0.494 e. The Morgan fingerprint density at radius 1 is 1.35 bits per heavy atom. The lowest BCUT2D eigenvalue weighted by Crippen LogP contribution is -2.06. The molecule has 0 aromatic heterocycles. The number of carboxylic acids is 1. The maximum Gasteiger partial charge on any atom is 0.303 e. The van der Waals surface area contributed by atoms with Crippen molar-refractivity contribution < 1.29 is 14.6 Å². The van der Waals surface area contributed by atoms with Crippen molar-refractivity contribution in [3.8, 4) is 5.75 Å². The van der Waals surface area contributed by atoms with Crippen LogP contribution >= 0.6 is 0 Å². The SMILES string of the molecule is CCOc1ccc(C(C)CC(=O)O)c(C)c1C. The predicted molar refractivity (Wildman–Crippen MR) is 67.8 cm³/mol. The third-order valence-corrected chi connectivity index (χ3v) is 3.09. The van der Waals surface area contributed by atoms with E-state index < -0.39 is 5.97 Å². The number of rotatable bonds is 5. The van der Waals surface area contributed by atoms with Gasteiger partial charge in [-0.2, -0.15) is 0 Å². The third-order valence-electron chi connectivity index (χ3n) is 3.09. The first-order chi connectivity index (χ1) is 7.97. The fourth-order valence-corrected chi connectivity index (χ4v) is 2.03. The second-order valence-electron chi connectivity index (χ2n) is 4.33. The molecular formula is C14H20O3. The number of hydrogen-bond acceptors (Lipinski definition) is 2. The summed E-state index contributed by atoms with van der Waals surface area (Å²) < 4.78 is 5.52. The van der Waals surface area contributed by atoms with E-state index in [1.807, 2.05) is 39.8 Å². The first-order valence-electron chi connectivity index (χ1n) is 5.92. The largest absolute Gasteiger partial charge is 0.494 e. The van der Waals surface area contributed by atoms with E-state index in [0.29, 0.717) is 6.61 Å². The molecule has 0 aliphatic rings. The first-order valence-corrected chi connectivity index (χ1v) is 5.92. The second kappa shape index (κ2) is 5.71. The van der Waals surface area contributed by atoms with Crippen LogP contribution in [0, 0.1) is 13.8 Å². The van der Waals surface area contributed by atoms with E-state index in [0.717, 1.165) is 22.4 Å². The van der Waals surface area contributed by atoms with Gasteiger partial charge in [-0.3, -0.25) is 4.79 Å². The lowest BCUT2D eigenvalue weighted by molar-refractivity contribution is -0.137. The normalized spacial score (nSPS) is 12.2. The van der Waals surface area contributed by atoms with Gasteiger partial charge in [-0.15, -0.1) is 0 Å². The van der Waals surface area contributed by atoms with Crippen LogP contribution in [0.2, 0.25) is 0 Å². The molecule has 3 heteroatoms. The van der Waals surface area contributed by atoms with Gasteiger partial charge in [0, 0.05) is 0 Å². The molecule has 1 unspecified atom stereocenters. The fraction of sp³-hybridized carbons (Fsp3) is 0.500. The summed E-state index contributed by atoms with van der Waals surface area (Å²) in [4.78, 5) is 10.7. The number of hydrogen-bond donors (Lipinski definition) is 1. The number of ether oxygens (including phenoxy) is 1. The molecule has 0 bridgehead atoms. The zero-order valence-electron chi connectivity index (χ0n) is 10.9. The zero-order chi connectivity index (χ0) is 13.0. The van der Waals surface area contributed by atoms with Crippen LogP contribution in [-0.2, 0) is 4.79 Å². The Hall–Kier alpha value is -1.51. The van der Waals surface area contributed by atoms with Crippen molar-refractivity contribution in [1.29, 1.82) is 0 Å². The van der Waals surface area contributed by atoms with Crippen LogP contribution in [0.25, 0.3) is 0 Å². The van der Waals surface area contributed by atoms with Crippen molar-refractivity contribution in [2.24, 2.45) is 0 Å². The van der Waals surface area contributed by atoms with Gasteiger partial charge in [0.05, 0.1) is 13.0 Å². The number of carbonyl (C=O) groups is 1. The predicted octanol–water partition coefficient (Wildman–Crippen LogP) is 3.28. The smallest absolute Gasteiger partial charge is 0.303 e. The van der Waals surface area contributed by atoms with Crippen molar-refractivity contribution in [3.05, 3.63) is 28.8 Å². The van der Waals surface area contributed by atoms with E-state index in [9.17, 15) is 4.79 Å². The minimum atomic E-state index is -0.761. The summed E-state index contributed by atoms with van der Waals surface area (Å²) in [6.45, 7) is 8.57. The summed E-state index contributed by atoms with van der Waals surface area (Å²) in [5.74, 6) is 0.154. The molecular weight excluding hydrogens is 216 g/mol. The average molecular weight is 236 g/mol. The van der Waals surface area contributed by atoms with E-state index in [1.54, 1.807) is 0 Å². The summed E-state index contributed by atoms with van der Waals surface area (Å²) in [7, 11) is 0. The van der Waals surface area contributed by atoms with Crippen LogP contribution < -0.4 is 4.74 Å². The highest BCUT2D eigenvalue weighted by atomic mass is 16.5. The Balaban J connectivity index is 3.03. The first kappa shape index (κ1) is 13.6. The molecule has 1 atom stereocenters. The van der Waals surface area contributed by atoms with Crippen LogP contribution in [-0.4, -0.2) is 17.7 Å². The summed E-state index contributed by atoms with van der Waals surface area (Å²) in [6, 6.07) is 3.90. The van der Waals surface area contributed by atoms with Crippen LogP contribution in [0.3, 0.4) is 0 Å². The molecule has 0 fully saturated rings. The molecule has 0 radical (unpaired) electrons. The van der Waals surface area contributed by atoms with Gasteiger partial charge in [-0.25, -0.2) is 0 Å². The zero-order valence-corrected chi connectivity index (χ0v) is 10.9. The standard InChI is InChI=1S/C14H20O3/c1-5-17-13-7-6-12(10(3)11(13)4)9(2)8-14(15)16/h6-7,9H,5,8H2,1-4H3,(H,15,16). The maximum atomic E-state index is 10.7. The molecule has 0 saturated heterocycles. The Bertz CT molecular complexity index is 410. The van der Waals surface area contributed by atoms with Gasteiger partial charge in [0.25, 0.3) is 0 Å². The van der Waals surface area contributed by atoms with E-state index in [1.165, 1.54) is 0 Å². The van der Waals surface area contributed by atoms with Crippen LogP contribution in [0.1, 0.15) is 42.9 Å². The van der Waals surface area contributed by atoms with Gasteiger partial charge in [0.1, 0.15) is 5.75 Å². The molecule has 17 heavy (non-hydrogen) atoms. The highest BCUT2D eigenvalue weighted by Crippen LogP contribution is 2.30. The molecule has 1 aromatic rings. The monoisotopic (exact) mass is 236 g/mol. The lowest BCUT2D eigenvalue weighted by Gasteiger charge is -2.17. The Morgan fingerprint density at radius 2 is 2.00 bits per heavy atom. The van der Waals surface area contributed by atoms with Gasteiger partial charge in [-0.05, 0) is 49.4 Å². The van der Waals surface area contributed by atoms with Crippen molar-refractivity contribution >= 4 is 5.97 Å². The van der Waals surface area contributed by atoms with E-state index >= 15 is 0 Å². The van der Waals surface area contributed by atoms with Crippen molar-refractivity contribution in [3.63, 3.8) is 0 Å². The maximum absolute atomic E-state index is 10.7. The van der Waals surface area contributed by atoms with Gasteiger partial charge in [0.15, 0.2) is 0 Å². The van der Waals surface area contributed by atoms with Gasteiger partial charge in [0.2, 0.25) is 0 Å². The Labute approximate surface area is 102 Å². The Kier molecular flexibility index (Phi) is 4.55. The van der Waals surface area contributed by atoms with Crippen LogP contribution in [0.5, 0.6) is 5.75 Å². The molecule has 0 heterocycles. The highest BCUT2D eigenvalue weighted by Gasteiger charge is 2.15. The Morgan fingerprint density at radius 3 is 2.53 bits per heavy atom. The van der Waals surface area contributed by atoms with Gasteiger partial charge < -0.3 is 9.84 Å². The molecule has 3 nitrogen and oxygen atoms in total. The summed E-state index contributed by atoms with van der Waals surface area (Å²) in [5.41, 5.74) is 3.32. The van der Waals surface area contributed by atoms with Crippen molar-refractivity contribution in [2.75, 3.05) is 6.61 Å². The van der Waals surface area contributed by atoms with Gasteiger partial charge in [-0.1, -0.05) is 13.0 Å². The summed E-state index contributed by atoms with van der Waals surface area (Å²) in [6.07, 6.45) is 0.161. The third kappa shape index (κ3) is 3.22. The van der Waals surface area contributed by atoms with E-state index in [-0.39, 0.29) is 12.3 Å². The quantitative estimate of drug-likeness (QED) is 0.853. The van der Waals surface area contributed by atoms with Crippen molar-refractivity contribution in [2.45, 2.75) is 40.0 Å². The van der Waals surface area contributed by atoms with E-state index in [2.05, 4.69) is 0 Å². The van der Waals surface area contributed by atoms with Crippen LogP contribution in [0.15, 0.2) is 12.1 Å². The second-order valence-corrected chi connectivity index (χ2v) is 4.33. The summed E-state index contributed by atoms with van der Waals surface area (Å²) >= 11 is 0. The molecule has 0 aliphatic heterocycles. The molecule has 1 rings (SSSR count). The molecule has 94 valence electrons. The lowest BCUT2D eigenvalue weighted by atomic mass is 9.91. The molecule has 0 saturated carbocycles. The van der Waals surface area contributed by atoms with Crippen molar-refractivity contribution in [1.82, 2.24) is 0 Å². The molecule has 0 amide bonds. The van der Waals surface area contributed by atoms with Crippen LogP contribution in [0.4, 0.5) is 0 Å². The average Bonchev–Trinajstić information content (AvgIpc) is 2.24. The fourth-order valence-electron chi connectivity index (χ4n) is 2.03. The molecule has 0 aliphatic carbocycles. The minimum absolute atomic E-state index is 0.0295.